The number of ether oxygens (including phenoxy) is 1. The second kappa shape index (κ2) is 6.19. The summed E-state index contributed by atoms with van der Waals surface area (Å²) in [6.07, 6.45) is -0.323. The first kappa shape index (κ1) is 15.4. The largest absolute Gasteiger partial charge is 0.394 e. The van der Waals surface area contributed by atoms with Crippen molar-refractivity contribution in [3.05, 3.63) is 33.9 Å². The van der Waals surface area contributed by atoms with Crippen LogP contribution >= 0.6 is 0 Å². The third kappa shape index (κ3) is 3.20. The third-order valence-corrected chi connectivity index (χ3v) is 3.59. The molecule has 0 aliphatic carbocycles. The first-order valence-electron chi connectivity index (χ1n) is 6.72. The van der Waals surface area contributed by atoms with Crippen molar-refractivity contribution in [2.75, 3.05) is 24.7 Å². The molecule has 0 aromatic heterocycles. The van der Waals surface area contributed by atoms with Gasteiger partial charge in [-0.15, -0.1) is 0 Å². The predicted molar refractivity (Wildman–Crippen MR) is 76.7 cm³/mol. The van der Waals surface area contributed by atoms with Crippen molar-refractivity contribution < 1.29 is 19.6 Å². The Morgan fingerprint density at radius 2 is 2.29 bits per heavy atom. The first-order chi connectivity index (χ1) is 9.93. The quantitative estimate of drug-likeness (QED) is 0.512. The Hall–Kier alpha value is -1.99. The average molecular weight is 294 g/mol. The summed E-state index contributed by atoms with van der Waals surface area (Å²) in [6.45, 7) is 4.09. The molecule has 1 fully saturated rings. The van der Waals surface area contributed by atoms with Crippen LogP contribution in [0.4, 0.5) is 11.4 Å². The lowest BCUT2D eigenvalue weighted by atomic mass is 10.0. The molecule has 0 radical (unpaired) electrons. The van der Waals surface area contributed by atoms with Crippen molar-refractivity contribution in [3.63, 3.8) is 0 Å². The molecule has 2 unspecified atom stereocenters. The number of nitro groups is 1. The molecule has 7 nitrogen and oxygen atoms in total. The van der Waals surface area contributed by atoms with E-state index in [1.165, 1.54) is 19.1 Å². The van der Waals surface area contributed by atoms with Crippen LogP contribution in [0.2, 0.25) is 0 Å². The second-order valence-electron chi connectivity index (χ2n) is 5.15. The van der Waals surface area contributed by atoms with Gasteiger partial charge in [0.1, 0.15) is 0 Å². The molecule has 1 N–H and O–H groups in total. The van der Waals surface area contributed by atoms with Crippen molar-refractivity contribution in [1.82, 2.24) is 0 Å². The highest BCUT2D eigenvalue weighted by Gasteiger charge is 2.28. The smallest absolute Gasteiger partial charge is 0.270 e. The van der Waals surface area contributed by atoms with Crippen molar-refractivity contribution >= 4 is 17.2 Å². The van der Waals surface area contributed by atoms with Crippen LogP contribution in [0.5, 0.6) is 0 Å². The van der Waals surface area contributed by atoms with Gasteiger partial charge in [-0.25, -0.2) is 0 Å². The minimum absolute atomic E-state index is 0.0207. The van der Waals surface area contributed by atoms with E-state index in [-0.39, 0.29) is 30.2 Å². The zero-order valence-corrected chi connectivity index (χ0v) is 12.0. The minimum Gasteiger partial charge on any atom is -0.394 e. The van der Waals surface area contributed by atoms with Crippen LogP contribution < -0.4 is 4.90 Å². The summed E-state index contributed by atoms with van der Waals surface area (Å²) in [5.41, 5.74) is 0.848. The average Bonchev–Trinajstić information content (AvgIpc) is 2.47. The van der Waals surface area contributed by atoms with Crippen LogP contribution in [0.1, 0.15) is 24.2 Å². The maximum atomic E-state index is 11.8. The normalized spacial score (nSPS) is 22.1. The van der Waals surface area contributed by atoms with E-state index in [2.05, 4.69) is 0 Å². The molecule has 1 aromatic rings. The molecule has 1 saturated heterocycles. The van der Waals surface area contributed by atoms with E-state index in [1.807, 2.05) is 11.8 Å². The van der Waals surface area contributed by atoms with E-state index in [9.17, 15) is 20.0 Å². The number of morpholine rings is 1. The summed E-state index contributed by atoms with van der Waals surface area (Å²) in [5.74, 6) is -0.229. The SMILES string of the molecule is CC(=O)c1cc([N+](=O)[O-])ccc1N1CC(CO)OCC1C. The number of benzene rings is 1. The number of carbonyl (C=O) groups is 1. The van der Waals surface area contributed by atoms with Gasteiger partial charge in [0.25, 0.3) is 5.69 Å². The summed E-state index contributed by atoms with van der Waals surface area (Å²) >= 11 is 0. The van der Waals surface area contributed by atoms with E-state index < -0.39 is 4.92 Å². The van der Waals surface area contributed by atoms with Gasteiger partial charge >= 0.3 is 0 Å². The standard InChI is InChI=1S/C14H18N2O5/c1-9-8-21-12(7-17)6-15(9)14-4-3-11(16(19)20)5-13(14)10(2)18/h3-5,9,12,17H,6-8H2,1-2H3. The second-order valence-corrected chi connectivity index (χ2v) is 5.15. The van der Waals surface area contributed by atoms with Crippen LogP contribution in [-0.2, 0) is 4.74 Å². The van der Waals surface area contributed by atoms with Gasteiger partial charge < -0.3 is 14.7 Å². The van der Waals surface area contributed by atoms with Crippen LogP contribution in [0.25, 0.3) is 0 Å². The summed E-state index contributed by atoms with van der Waals surface area (Å²) in [5, 5.41) is 20.1. The Morgan fingerprint density at radius 1 is 1.57 bits per heavy atom. The molecule has 0 spiro atoms. The molecular weight excluding hydrogens is 276 g/mol. The van der Waals surface area contributed by atoms with Crippen LogP contribution in [0, 0.1) is 10.1 Å². The van der Waals surface area contributed by atoms with E-state index >= 15 is 0 Å². The number of rotatable bonds is 4. The van der Waals surface area contributed by atoms with Gasteiger partial charge in [0, 0.05) is 36.0 Å². The Bertz CT molecular complexity index is 560. The van der Waals surface area contributed by atoms with Gasteiger partial charge in [-0.3, -0.25) is 14.9 Å². The maximum Gasteiger partial charge on any atom is 0.270 e. The van der Waals surface area contributed by atoms with Gasteiger partial charge in [0.05, 0.1) is 24.2 Å². The summed E-state index contributed by atoms with van der Waals surface area (Å²) in [6, 6.07) is 4.30. The predicted octanol–water partition coefficient (Wildman–Crippen LogP) is 1.38. The number of hydrogen-bond donors (Lipinski definition) is 1. The minimum atomic E-state index is -0.518. The number of Topliss-reactive ketones (excluding diaryl/α,β-unsaturated/α-hetero) is 1. The molecule has 0 bridgehead atoms. The highest BCUT2D eigenvalue weighted by Crippen LogP contribution is 2.29. The molecule has 2 rings (SSSR count). The Labute approximate surface area is 122 Å². The van der Waals surface area contributed by atoms with Crippen molar-refractivity contribution in [2.24, 2.45) is 0 Å². The first-order valence-corrected chi connectivity index (χ1v) is 6.72. The number of nitro benzene ring substituents is 1. The molecule has 7 heteroatoms. The van der Waals surface area contributed by atoms with Gasteiger partial charge in [-0.1, -0.05) is 0 Å². The van der Waals surface area contributed by atoms with Crippen molar-refractivity contribution in [1.29, 1.82) is 0 Å². The molecule has 1 heterocycles. The van der Waals surface area contributed by atoms with Crippen molar-refractivity contribution in [3.8, 4) is 0 Å². The van der Waals surface area contributed by atoms with Crippen molar-refractivity contribution in [2.45, 2.75) is 26.0 Å². The van der Waals surface area contributed by atoms with Gasteiger partial charge in [0.15, 0.2) is 5.78 Å². The highest BCUT2D eigenvalue weighted by atomic mass is 16.6. The van der Waals surface area contributed by atoms with E-state index in [0.717, 1.165) is 0 Å². The van der Waals surface area contributed by atoms with E-state index in [0.29, 0.717) is 24.4 Å². The number of ketones is 1. The Balaban J connectivity index is 2.41. The number of non-ortho nitro benzene ring substituents is 1. The zero-order valence-electron chi connectivity index (χ0n) is 12.0. The zero-order chi connectivity index (χ0) is 15.6. The lowest BCUT2D eigenvalue weighted by Gasteiger charge is -2.39. The lowest BCUT2D eigenvalue weighted by molar-refractivity contribution is -0.384. The molecule has 1 aliphatic heterocycles. The topological polar surface area (TPSA) is 92.9 Å². The fraction of sp³-hybridized carbons (Fsp3) is 0.500. The number of hydrogen-bond acceptors (Lipinski definition) is 6. The Kier molecular flexibility index (Phi) is 4.54. The van der Waals surface area contributed by atoms with Gasteiger partial charge in [-0.2, -0.15) is 0 Å². The van der Waals surface area contributed by atoms with Gasteiger partial charge in [-0.05, 0) is 19.9 Å². The molecule has 0 saturated carbocycles. The number of nitrogens with zero attached hydrogens (tertiary/aromatic N) is 2. The molecule has 2 atom stereocenters. The highest BCUT2D eigenvalue weighted by molar-refractivity contribution is 6.00. The van der Waals surface area contributed by atoms with Crippen LogP contribution in [-0.4, -0.2) is 47.7 Å². The number of aliphatic hydroxyl groups is 1. The number of aliphatic hydroxyl groups excluding tert-OH is 1. The third-order valence-electron chi connectivity index (χ3n) is 3.59. The maximum absolute atomic E-state index is 11.8. The van der Waals surface area contributed by atoms with Gasteiger partial charge in [0.2, 0.25) is 0 Å². The number of carbonyl (C=O) groups excluding carboxylic acids is 1. The summed E-state index contributed by atoms with van der Waals surface area (Å²) in [7, 11) is 0. The molecule has 114 valence electrons. The monoisotopic (exact) mass is 294 g/mol. The lowest BCUT2D eigenvalue weighted by Crippen LogP contribution is -2.50. The fourth-order valence-electron chi connectivity index (χ4n) is 2.43. The molecule has 1 aromatic carbocycles. The van der Waals surface area contributed by atoms with E-state index in [4.69, 9.17) is 4.74 Å². The molecule has 0 amide bonds. The fourth-order valence-corrected chi connectivity index (χ4v) is 2.43. The summed E-state index contributed by atoms with van der Waals surface area (Å²) < 4.78 is 5.47. The molecular formula is C14H18N2O5. The van der Waals surface area contributed by atoms with Crippen LogP contribution in [0.15, 0.2) is 18.2 Å². The summed E-state index contributed by atoms with van der Waals surface area (Å²) in [4.78, 5) is 24.1. The Morgan fingerprint density at radius 3 is 2.86 bits per heavy atom. The molecule has 21 heavy (non-hydrogen) atoms. The molecule has 1 aliphatic rings. The van der Waals surface area contributed by atoms with E-state index in [1.54, 1.807) is 6.07 Å². The van der Waals surface area contributed by atoms with Crippen LogP contribution in [0.3, 0.4) is 0 Å². The number of anilines is 1.